The highest BCUT2D eigenvalue weighted by molar-refractivity contribution is 6.06. The Hall–Kier alpha value is -4.82. The van der Waals surface area contributed by atoms with Crippen LogP contribution in [0.4, 0.5) is 34.1 Å². The van der Waals surface area contributed by atoms with Gasteiger partial charge in [0.25, 0.3) is 0 Å². The summed E-state index contributed by atoms with van der Waals surface area (Å²) in [4.78, 5) is 4.75. The van der Waals surface area contributed by atoms with Crippen LogP contribution in [-0.2, 0) is 0 Å². The average molecular weight is 519 g/mol. The molecule has 0 bridgehead atoms. The monoisotopic (exact) mass is 518 g/mol. The molecule has 0 saturated heterocycles. The van der Waals surface area contributed by atoms with Crippen molar-refractivity contribution < 1.29 is 0 Å². The summed E-state index contributed by atoms with van der Waals surface area (Å²) in [5.41, 5.74) is 12.0. The Morgan fingerprint density at radius 3 is 1.10 bits per heavy atom. The van der Waals surface area contributed by atoms with E-state index in [2.05, 4.69) is 171 Å². The minimum atomic E-state index is 1.14. The van der Waals surface area contributed by atoms with Gasteiger partial charge in [0.15, 0.2) is 0 Å². The molecule has 6 aromatic rings. The quantitative estimate of drug-likeness (QED) is 0.216. The van der Waals surface area contributed by atoms with Gasteiger partial charge >= 0.3 is 0 Å². The van der Waals surface area contributed by atoms with Crippen molar-refractivity contribution in [2.24, 2.45) is 0 Å². The number of rotatable bonds is 6. The molecule has 6 aromatic carbocycles. The molecule has 6 rings (SSSR count). The Morgan fingerprint density at radius 1 is 0.325 bits per heavy atom. The van der Waals surface area contributed by atoms with Gasteiger partial charge in [-0.05, 0) is 111 Å². The third-order valence-electron chi connectivity index (χ3n) is 7.88. The SMILES string of the molecule is Cc1ccc(N(c2ccccc2)c2cccc3c(N(c4ccccc4)c4ccc(C)c(C)c4)cccc23)cc1C. The highest BCUT2D eigenvalue weighted by atomic mass is 15.2. The number of benzene rings is 6. The zero-order valence-corrected chi connectivity index (χ0v) is 23.6. The number of para-hydroxylation sites is 2. The van der Waals surface area contributed by atoms with Gasteiger partial charge in [-0.2, -0.15) is 0 Å². The maximum absolute atomic E-state index is 2.38. The molecule has 2 heteroatoms. The van der Waals surface area contributed by atoms with E-state index in [1.165, 1.54) is 33.0 Å². The van der Waals surface area contributed by atoms with Crippen LogP contribution in [0.1, 0.15) is 22.3 Å². The van der Waals surface area contributed by atoms with Crippen molar-refractivity contribution in [3.8, 4) is 0 Å². The molecule has 0 aliphatic heterocycles. The lowest BCUT2D eigenvalue weighted by Crippen LogP contribution is -2.13. The summed E-state index contributed by atoms with van der Waals surface area (Å²) in [5, 5.41) is 2.40. The van der Waals surface area contributed by atoms with Crippen molar-refractivity contribution in [2.75, 3.05) is 9.80 Å². The van der Waals surface area contributed by atoms with Gasteiger partial charge in [-0.1, -0.05) is 72.8 Å². The van der Waals surface area contributed by atoms with E-state index in [0.717, 1.165) is 34.1 Å². The van der Waals surface area contributed by atoms with E-state index in [0.29, 0.717) is 0 Å². The summed E-state index contributed by atoms with van der Waals surface area (Å²) in [6.45, 7) is 8.71. The van der Waals surface area contributed by atoms with E-state index in [1.54, 1.807) is 0 Å². The Morgan fingerprint density at radius 2 is 0.725 bits per heavy atom. The molecule has 2 nitrogen and oxygen atoms in total. The molecule has 0 spiro atoms. The number of anilines is 6. The minimum Gasteiger partial charge on any atom is -0.310 e. The average Bonchev–Trinajstić information content (AvgIpc) is 2.98. The molecule has 0 atom stereocenters. The van der Waals surface area contributed by atoms with Crippen LogP contribution < -0.4 is 9.80 Å². The molecule has 0 saturated carbocycles. The molecule has 0 aliphatic rings. The van der Waals surface area contributed by atoms with Gasteiger partial charge in [0, 0.05) is 33.5 Å². The summed E-state index contributed by atoms with van der Waals surface area (Å²) in [7, 11) is 0. The van der Waals surface area contributed by atoms with Gasteiger partial charge in [0.05, 0.1) is 11.4 Å². The molecule has 40 heavy (non-hydrogen) atoms. The van der Waals surface area contributed by atoms with Crippen molar-refractivity contribution in [3.05, 3.63) is 156 Å². The van der Waals surface area contributed by atoms with Crippen LogP contribution in [0.5, 0.6) is 0 Å². The molecule has 0 fully saturated rings. The smallest absolute Gasteiger partial charge is 0.0540 e. The van der Waals surface area contributed by atoms with Crippen LogP contribution in [0.2, 0.25) is 0 Å². The highest BCUT2D eigenvalue weighted by Gasteiger charge is 2.20. The Labute approximate surface area is 237 Å². The molecule has 0 aromatic heterocycles. The lowest BCUT2D eigenvalue weighted by molar-refractivity contribution is 1.25. The summed E-state index contributed by atoms with van der Waals surface area (Å²) in [5.74, 6) is 0. The Balaban J connectivity index is 1.60. The minimum absolute atomic E-state index is 1.14. The van der Waals surface area contributed by atoms with Crippen LogP contribution in [-0.4, -0.2) is 0 Å². The van der Waals surface area contributed by atoms with Gasteiger partial charge in [-0.15, -0.1) is 0 Å². The van der Waals surface area contributed by atoms with Crippen molar-refractivity contribution in [1.29, 1.82) is 0 Å². The summed E-state index contributed by atoms with van der Waals surface area (Å²) >= 11 is 0. The van der Waals surface area contributed by atoms with Crippen LogP contribution in [0.3, 0.4) is 0 Å². The third-order valence-corrected chi connectivity index (χ3v) is 7.88. The van der Waals surface area contributed by atoms with E-state index in [4.69, 9.17) is 0 Å². The predicted octanol–water partition coefficient (Wildman–Crippen LogP) is 11.0. The molecule has 0 radical (unpaired) electrons. The first-order valence-corrected chi connectivity index (χ1v) is 13.9. The first-order chi connectivity index (χ1) is 19.5. The van der Waals surface area contributed by atoms with Crippen LogP contribution >= 0.6 is 0 Å². The number of hydrogen-bond acceptors (Lipinski definition) is 2. The lowest BCUT2D eigenvalue weighted by Gasteiger charge is -2.30. The third kappa shape index (κ3) is 4.74. The second-order valence-corrected chi connectivity index (χ2v) is 10.5. The van der Waals surface area contributed by atoms with Gasteiger partial charge in [-0.25, -0.2) is 0 Å². The largest absolute Gasteiger partial charge is 0.310 e. The maximum atomic E-state index is 2.38. The summed E-state index contributed by atoms with van der Waals surface area (Å²) in [6, 6.07) is 48.1. The molecule has 0 aliphatic carbocycles. The van der Waals surface area contributed by atoms with E-state index < -0.39 is 0 Å². The second kappa shape index (κ2) is 10.7. The van der Waals surface area contributed by atoms with Gasteiger partial charge in [0.2, 0.25) is 0 Å². The van der Waals surface area contributed by atoms with Crippen LogP contribution in [0, 0.1) is 27.7 Å². The van der Waals surface area contributed by atoms with Crippen molar-refractivity contribution in [3.63, 3.8) is 0 Å². The van der Waals surface area contributed by atoms with Crippen LogP contribution in [0.25, 0.3) is 10.8 Å². The molecule has 0 N–H and O–H groups in total. The van der Waals surface area contributed by atoms with Crippen molar-refractivity contribution in [1.82, 2.24) is 0 Å². The molecular formula is C38H34N2. The van der Waals surface area contributed by atoms with E-state index in [9.17, 15) is 0 Å². The van der Waals surface area contributed by atoms with E-state index >= 15 is 0 Å². The summed E-state index contributed by atoms with van der Waals surface area (Å²) in [6.07, 6.45) is 0. The van der Waals surface area contributed by atoms with Gasteiger partial charge < -0.3 is 9.80 Å². The number of hydrogen-bond donors (Lipinski definition) is 0. The lowest BCUT2D eigenvalue weighted by atomic mass is 10.0. The van der Waals surface area contributed by atoms with Gasteiger partial charge in [-0.3, -0.25) is 0 Å². The second-order valence-electron chi connectivity index (χ2n) is 10.5. The first-order valence-electron chi connectivity index (χ1n) is 13.9. The Bertz CT molecular complexity index is 1650. The molecule has 196 valence electrons. The molecular weight excluding hydrogens is 484 g/mol. The van der Waals surface area contributed by atoms with Crippen molar-refractivity contribution in [2.45, 2.75) is 27.7 Å². The fourth-order valence-electron chi connectivity index (χ4n) is 5.40. The highest BCUT2D eigenvalue weighted by Crippen LogP contribution is 2.44. The topological polar surface area (TPSA) is 6.48 Å². The zero-order valence-electron chi connectivity index (χ0n) is 23.6. The summed E-state index contributed by atoms with van der Waals surface area (Å²) < 4.78 is 0. The first kappa shape index (κ1) is 25.5. The van der Waals surface area contributed by atoms with Gasteiger partial charge in [0.1, 0.15) is 0 Å². The molecule has 0 heterocycles. The maximum Gasteiger partial charge on any atom is 0.0540 e. The number of fused-ring (bicyclic) bond motifs is 1. The van der Waals surface area contributed by atoms with E-state index in [-0.39, 0.29) is 0 Å². The standard InChI is InChI=1S/C38H34N2/c1-27-21-23-33(25-29(27)3)39(31-13-7-5-8-14-31)37-19-11-18-36-35(37)17-12-20-38(36)40(32-15-9-6-10-16-32)34-24-22-28(2)30(4)26-34/h5-26H,1-4H3. The normalized spacial score (nSPS) is 11.0. The zero-order chi connectivity index (χ0) is 27.6. The molecule has 0 unspecified atom stereocenters. The predicted molar refractivity (Wildman–Crippen MR) is 172 cm³/mol. The number of aryl methyl sites for hydroxylation is 4. The number of nitrogens with zero attached hydrogens (tertiary/aromatic N) is 2. The van der Waals surface area contributed by atoms with Crippen LogP contribution in [0.15, 0.2) is 133 Å². The Kier molecular flexibility index (Phi) is 6.84. The van der Waals surface area contributed by atoms with E-state index in [1.807, 2.05) is 0 Å². The molecule has 0 amide bonds. The van der Waals surface area contributed by atoms with Crippen molar-refractivity contribution >= 4 is 44.9 Å². The fourth-order valence-corrected chi connectivity index (χ4v) is 5.40. The fraction of sp³-hybridized carbons (Fsp3) is 0.105.